The van der Waals surface area contributed by atoms with Crippen LogP contribution < -0.4 is 10.6 Å². The van der Waals surface area contributed by atoms with Crippen molar-refractivity contribution in [3.05, 3.63) is 53.0 Å². The lowest BCUT2D eigenvalue weighted by Gasteiger charge is -2.19. The zero-order valence-corrected chi connectivity index (χ0v) is 12.4. The molecular formula is C15H19N5O. The molecule has 2 heterocycles. The molecule has 0 aliphatic carbocycles. The van der Waals surface area contributed by atoms with Crippen molar-refractivity contribution in [2.24, 2.45) is 10.9 Å². The third-order valence-corrected chi connectivity index (χ3v) is 3.08. The number of aryl methyl sites for hydroxylation is 2. The summed E-state index contributed by atoms with van der Waals surface area (Å²) in [6.45, 7) is 4.47. The maximum Gasteiger partial charge on any atom is 0.170 e. The second-order valence-corrected chi connectivity index (χ2v) is 4.97. The van der Waals surface area contributed by atoms with E-state index in [1.165, 1.54) is 0 Å². The van der Waals surface area contributed by atoms with Crippen molar-refractivity contribution in [2.75, 3.05) is 11.9 Å². The number of hydrogen-bond donors (Lipinski definition) is 2. The van der Waals surface area contributed by atoms with Gasteiger partial charge in [0.2, 0.25) is 0 Å². The Morgan fingerprint density at radius 1 is 1.24 bits per heavy atom. The standard InChI is InChI=1S/C15H19N5O/c1-10-5-4-6-13(17-10)9-20(3)14-8-12(15(16)19-21)7-11(2)18-14/h4-8,21H,9H2,1-3H3,(H2,16,19). The number of rotatable bonds is 4. The van der Waals surface area contributed by atoms with Crippen molar-refractivity contribution in [3.8, 4) is 0 Å². The van der Waals surface area contributed by atoms with E-state index in [9.17, 15) is 0 Å². The zero-order valence-electron chi connectivity index (χ0n) is 12.4. The van der Waals surface area contributed by atoms with Crippen LogP contribution in [-0.4, -0.2) is 28.1 Å². The van der Waals surface area contributed by atoms with E-state index in [0.717, 1.165) is 22.9 Å². The molecule has 0 amide bonds. The molecule has 0 atom stereocenters. The summed E-state index contributed by atoms with van der Waals surface area (Å²) in [5, 5.41) is 11.8. The third-order valence-electron chi connectivity index (χ3n) is 3.08. The maximum atomic E-state index is 8.79. The van der Waals surface area contributed by atoms with E-state index in [2.05, 4.69) is 15.1 Å². The molecule has 6 heteroatoms. The lowest BCUT2D eigenvalue weighted by molar-refractivity contribution is 0.318. The minimum Gasteiger partial charge on any atom is -0.409 e. The number of aromatic nitrogens is 2. The van der Waals surface area contributed by atoms with Gasteiger partial charge in [-0.3, -0.25) is 4.98 Å². The van der Waals surface area contributed by atoms with Crippen LogP contribution in [-0.2, 0) is 6.54 Å². The summed E-state index contributed by atoms with van der Waals surface area (Å²) in [4.78, 5) is 10.9. The fourth-order valence-electron chi connectivity index (χ4n) is 2.06. The molecule has 0 unspecified atom stereocenters. The first kappa shape index (κ1) is 14.8. The normalized spacial score (nSPS) is 11.5. The number of oxime groups is 1. The van der Waals surface area contributed by atoms with E-state index in [0.29, 0.717) is 12.1 Å². The molecule has 2 rings (SSSR count). The Kier molecular flexibility index (Phi) is 4.37. The average molecular weight is 285 g/mol. The van der Waals surface area contributed by atoms with Gasteiger partial charge in [0.15, 0.2) is 5.84 Å². The summed E-state index contributed by atoms with van der Waals surface area (Å²) in [5.41, 5.74) is 9.04. The summed E-state index contributed by atoms with van der Waals surface area (Å²) in [7, 11) is 1.93. The Labute approximate surface area is 123 Å². The number of amidine groups is 1. The second kappa shape index (κ2) is 6.21. The molecule has 0 aliphatic heterocycles. The maximum absolute atomic E-state index is 8.79. The molecule has 0 saturated heterocycles. The largest absolute Gasteiger partial charge is 0.409 e. The number of pyridine rings is 2. The molecular weight excluding hydrogens is 266 g/mol. The monoisotopic (exact) mass is 285 g/mol. The van der Waals surface area contributed by atoms with Crippen molar-refractivity contribution >= 4 is 11.7 Å². The Bertz CT molecular complexity index is 669. The molecule has 0 aliphatic rings. The van der Waals surface area contributed by atoms with E-state index in [-0.39, 0.29) is 5.84 Å². The summed E-state index contributed by atoms with van der Waals surface area (Å²) in [5.74, 6) is 0.823. The van der Waals surface area contributed by atoms with Gasteiger partial charge in [0.25, 0.3) is 0 Å². The minimum atomic E-state index is 0.0730. The average Bonchev–Trinajstić information content (AvgIpc) is 2.45. The lowest BCUT2D eigenvalue weighted by Crippen LogP contribution is -2.21. The molecule has 21 heavy (non-hydrogen) atoms. The van der Waals surface area contributed by atoms with Gasteiger partial charge in [0.05, 0.1) is 12.2 Å². The quantitative estimate of drug-likeness (QED) is 0.387. The van der Waals surface area contributed by atoms with Crippen LogP contribution in [0, 0.1) is 13.8 Å². The van der Waals surface area contributed by atoms with Crippen molar-refractivity contribution in [1.29, 1.82) is 0 Å². The van der Waals surface area contributed by atoms with Crippen LogP contribution in [0.4, 0.5) is 5.82 Å². The summed E-state index contributed by atoms with van der Waals surface area (Å²) in [6, 6.07) is 9.49. The summed E-state index contributed by atoms with van der Waals surface area (Å²) < 4.78 is 0. The molecule has 2 aromatic heterocycles. The van der Waals surface area contributed by atoms with Gasteiger partial charge in [-0.15, -0.1) is 0 Å². The van der Waals surface area contributed by atoms with E-state index in [1.54, 1.807) is 12.1 Å². The van der Waals surface area contributed by atoms with Crippen LogP contribution >= 0.6 is 0 Å². The predicted molar refractivity (Wildman–Crippen MR) is 82.6 cm³/mol. The molecule has 0 fully saturated rings. The van der Waals surface area contributed by atoms with Gasteiger partial charge in [0.1, 0.15) is 5.82 Å². The molecule has 0 radical (unpaired) electrons. The number of anilines is 1. The van der Waals surface area contributed by atoms with Crippen molar-refractivity contribution < 1.29 is 5.21 Å². The fraction of sp³-hybridized carbons (Fsp3) is 0.267. The SMILES string of the molecule is Cc1cccc(CN(C)c2cc(/C(N)=N/O)cc(C)n2)n1. The number of nitrogens with zero attached hydrogens (tertiary/aromatic N) is 4. The topological polar surface area (TPSA) is 87.6 Å². The van der Waals surface area contributed by atoms with E-state index >= 15 is 0 Å². The zero-order chi connectivity index (χ0) is 15.4. The molecule has 6 nitrogen and oxygen atoms in total. The van der Waals surface area contributed by atoms with E-state index < -0.39 is 0 Å². The highest BCUT2D eigenvalue weighted by Crippen LogP contribution is 2.16. The van der Waals surface area contributed by atoms with Gasteiger partial charge in [-0.05, 0) is 38.1 Å². The van der Waals surface area contributed by atoms with Crippen LogP contribution in [0.5, 0.6) is 0 Å². The van der Waals surface area contributed by atoms with Gasteiger partial charge in [-0.1, -0.05) is 11.2 Å². The Hall–Kier alpha value is -2.63. The molecule has 2 aromatic rings. The number of nitrogens with two attached hydrogens (primary N) is 1. The van der Waals surface area contributed by atoms with Gasteiger partial charge >= 0.3 is 0 Å². The lowest BCUT2D eigenvalue weighted by atomic mass is 10.2. The molecule has 3 N–H and O–H groups in total. The van der Waals surface area contributed by atoms with Gasteiger partial charge in [-0.25, -0.2) is 4.98 Å². The second-order valence-electron chi connectivity index (χ2n) is 4.97. The highest BCUT2D eigenvalue weighted by Gasteiger charge is 2.09. The smallest absolute Gasteiger partial charge is 0.170 e. The number of hydrogen-bond acceptors (Lipinski definition) is 5. The highest BCUT2D eigenvalue weighted by molar-refractivity contribution is 5.97. The van der Waals surface area contributed by atoms with Crippen molar-refractivity contribution in [2.45, 2.75) is 20.4 Å². The Morgan fingerprint density at radius 2 is 2.00 bits per heavy atom. The first-order valence-corrected chi connectivity index (χ1v) is 6.60. The van der Waals surface area contributed by atoms with Crippen LogP contribution in [0.1, 0.15) is 22.6 Å². The molecule has 0 bridgehead atoms. The predicted octanol–water partition coefficient (Wildman–Crippen LogP) is 1.82. The molecule has 0 spiro atoms. The first-order chi connectivity index (χ1) is 9.99. The Balaban J connectivity index is 2.26. The van der Waals surface area contributed by atoms with Crippen LogP contribution in [0.15, 0.2) is 35.5 Å². The van der Waals surface area contributed by atoms with Crippen LogP contribution in [0.2, 0.25) is 0 Å². The first-order valence-electron chi connectivity index (χ1n) is 6.60. The highest BCUT2D eigenvalue weighted by atomic mass is 16.4. The summed E-state index contributed by atoms with van der Waals surface area (Å²) in [6.07, 6.45) is 0. The van der Waals surface area contributed by atoms with Crippen LogP contribution in [0.25, 0.3) is 0 Å². The van der Waals surface area contributed by atoms with Gasteiger partial charge < -0.3 is 15.8 Å². The Morgan fingerprint density at radius 3 is 2.67 bits per heavy atom. The van der Waals surface area contributed by atoms with Crippen LogP contribution in [0.3, 0.4) is 0 Å². The van der Waals surface area contributed by atoms with E-state index in [1.807, 2.05) is 44.0 Å². The minimum absolute atomic E-state index is 0.0730. The molecule has 0 aromatic carbocycles. The van der Waals surface area contributed by atoms with E-state index in [4.69, 9.17) is 10.9 Å². The van der Waals surface area contributed by atoms with Crippen molar-refractivity contribution in [1.82, 2.24) is 9.97 Å². The fourth-order valence-corrected chi connectivity index (χ4v) is 2.06. The molecule has 110 valence electrons. The summed E-state index contributed by atoms with van der Waals surface area (Å²) >= 11 is 0. The molecule has 0 saturated carbocycles. The van der Waals surface area contributed by atoms with Gasteiger partial charge in [-0.2, -0.15) is 0 Å². The van der Waals surface area contributed by atoms with Crippen molar-refractivity contribution in [3.63, 3.8) is 0 Å². The third kappa shape index (κ3) is 3.68. The van der Waals surface area contributed by atoms with Gasteiger partial charge in [0, 0.05) is 24.0 Å².